The molecule has 0 spiro atoms. The molecule has 0 unspecified atom stereocenters. The van der Waals surface area contributed by atoms with Crippen LogP contribution in [0.3, 0.4) is 0 Å². The topological polar surface area (TPSA) is 77.1 Å². The predicted molar refractivity (Wildman–Crippen MR) is 95.6 cm³/mol. The first-order chi connectivity index (χ1) is 11.0. The summed E-state index contributed by atoms with van der Waals surface area (Å²) in [6, 6.07) is 10.7. The van der Waals surface area contributed by atoms with Gasteiger partial charge in [0, 0.05) is 36.0 Å². The molecule has 1 aromatic heterocycles. The van der Waals surface area contributed by atoms with E-state index in [1.54, 1.807) is 48.0 Å². The molecule has 1 aromatic carbocycles. The number of pyridine rings is 1. The van der Waals surface area contributed by atoms with E-state index in [1.165, 1.54) is 0 Å². The number of aromatic nitrogens is 1. The number of nitrogens with two attached hydrogens (primary N) is 1. The number of nitrogens with one attached hydrogen (secondary N) is 1. The van der Waals surface area contributed by atoms with Gasteiger partial charge in [-0.3, -0.25) is 9.59 Å². The lowest BCUT2D eigenvalue weighted by Gasteiger charge is -2.08. The highest BCUT2D eigenvalue weighted by Gasteiger charge is 2.04. The quantitative estimate of drug-likeness (QED) is 0.797. The molecular formula is C17H19N3O2S. The van der Waals surface area contributed by atoms with Crippen LogP contribution in [0.5, 0.6) is 0 Å². The van der Waals surface area contributed by atoms with Gasteiger partial charge in [-0.1, -0.05) is 18.3 Å². The molecule has 0 aliphatic rings. The number of carbonyl (C=O) groups excluding carboxylic acids is 1. The summed E-state index contributed by atoms with van der Waals surface area (Å²) in [4.78, 5) is 24.1. The maximum absolute atomic E-state index is 11.9. The summed E-state index contributed by atoms with van der Waals surface area (Å²) >= 11 is 4.88. The normalized spacial score (nSPS) is 10.3. The number of hydrogen-bond acceptors (Lipinski definition) is 3. The molecule has 0 fully saturated rings. The summed E-state index contributed by atoms with van der Waals surface area (Å²) in [5.41, 5.74) is 7.67. The second-order valence-electron chi connectivity index (χ2n) is 5.28. The zero-order chi connectivity index (χ0) is 16.8. The Kier molecular flexibility index (Phi) is 5.65. The molecule has 3 N–H and O–H groups in total. The van der Waals surface area contributed by atoms with Crippen LogP contribution in [0.2, 0.25) is 0 Å². The number of thiocarbonyl (C=S) groups is 1. The number of amides is 1. The third kappa shape index (κ3) is 4.75. The Morgan fingerprint density at radius 1 is 1.26 bits per heavy atom. The zero-order valence-electron chi connectivity index (χ0n) is 12.9. The van der Waals surface area contributed by atoms with E-state index in [2.05, 4.69) is 5.32 Å². The lowest BCUT2D eigenvalue weighted by molar-refractivity contribution is -0.116. The van der Waals surface area contributed by atoms with Crippen LogP contribution in [0.25, 0.3) is 0 Å². The average Bonchev–Trinajstić information content (AvgIpc) is 2.52. The van der Waals surface area contributed by atoms with Crippen molar-refractivity contribution in [3.8, 4) is 0 Å². The molecule has 6 heteroatoms. The lowest BCUT2D eigenvalue weighted by atomic mass is 10.2. The van der Waals surface area contributed by atoms with E-state index in [4.69, 9.17) is 18.0 Å². The third-order valence-electron chi connectivity index (χ3n) is 3.47. The molecule has 0 atom stereocenters. The van der Waals surface area contributed by atoms with Crippen molar-refractivity contribution in [2.45, 2.75) is 26.3 Å². The molecule has 0 bridgehead atoms. The third-order valence-corrected chi connectivity index (χ3v) is 3.70. The second kappa shape index (κ2) is 7.69. The number of benzene rings is 1. The standard InChI is InChI=1S/C17H19N3O2S/c1-12-4-2-10-20(17(12)22)11-3-5-15(21)19-14-8-6-13(7-9-14)16(18)23/h2,4,6-10H,3,5,11H2,1H3,(H2,18,23)(H,19,21). The molecule has 0 saturated carbocycles. The van der Waals surface area contributed by atoms with Gasteiger partial charge in [-0.2, -0.15) is 0 Å². The maximum Gasteiger partial charge on any atom is 0.253 e. The minimum Gasteiger partial charge on any atom is -0.389 e. The number of rotatable bonds is 6. The van der Waals surface area contributed by atoms with Crippen molar-refractivity contribution >= 4 is 28.8 Å². The molecule has 120 valence electrons. The maximum atomic E-state index is 11.9. The minimum absolute atomic E-state index is 0.0127. The molecule has 2 aromatic rings. The average molecular weight is 329 g/mol. The Labute approximate surface area is 140 Å². The molecular weight excluding hydrogens is 310 g/mol. The molecule has 0 radical (unpaired) electrons. The number of nitrogens with zero attached hydrogens (tertiary/aromatic N) is 1. The first-order valence-electron chi connectivity index (χ1n) is 7.33. The first kappa shape index (κ1) is 16.9. The van der Waals surface area contributed by atoms with E-state index in [9.17, 15) is 9.59 Å². The summed E-state index contributed by atoms with van der Waals surface area (Å²) in [5, 5.41) is 2.81. The molecule has 23 heavy (non-hydrogen) atoms. The summed E-state index contributed by atoms with van der Waals surface area (Å²) < 4.78 is 1.62. The Morgan fingerprint density at radius 2 is 1.96 bits per heavy atom. The van der Waals surface area contributed by atoms with Gasteiger partial charge >= 0.3 is 0 Å². The highest BCUT2D eigenvalue weighted by molar-refractivity contribution is 7.80. The molecule has 0 aliphatic carbocycles. The molecule has 0 saturated heterocycles. The fourth-order valence-electron chi connectivity index (χ4n) is 2.18. The number of carbonyl (C=O) groups is 1. The van der Waals surface area contributed by atoms with Crippen molar-refractivity contribution < 1.29 is 4.79 Å². The van der Waals surface area contributed by atoms with Gasteiger partial charge in [0.1, 0.15) is 4.99 Å². The number of anilines is 1. The van der Waals surface area contributed by atoms with Gasteiger partial charge in [-0.05, 0) is 43.7 Å². The smallest absolute Gasteiger partial charge is 0.253 e. The molecule has 0 aliphatic heterocycles. The van der Waals surface area contributed by atoms with Gasteiger partial charge in [0.15, 0.2) is 0 Å². The number of aryl methyl sites for hydroxylation is 2. The van der Waals surface area contributed by atoms with Crippen LogP contribution in [0.1, 0.15) is 24.0 Å². The fraction of sp³-hybridized carbons (Fsp3) is 0.235. The molecule has 1 heterocycles. The van der Waals surface area contributed by atoms with Crippen LogP contribution < -0.4 is 16.6 Å². The molecule has 1 amide bonds. The van der Waals surface area contributed by atoms with Crippen LogP contribution in [-0.4, -0.2) is 15.5 Å². The van der Waals surface area contributed by atoms with E-state index in [0.29, 0.717) is 35.6 Å². The van der Waals surface area contributed by atoms with E-state index < -0.39 is 0 Å². The molecule has 2 rings (SSSR count). The van der Waals surface area contributed by atoms with E-state index in [-0.39, 0.29) is 11.5 Å². The van der Waals surface area contributed by atoms with Crippen LogP contribution in [0.15, 0.2) is 47.4 Å². The largest absolute Gasteiger partial charge is 0.389 e. The predicted octanol–water partition coefficient (Wildman–Crippen LogP) is 2.21. The second-order valence-corrected chi connectivity index (χ2v) is 5.72. The van der Waals surface area contributed by atoms with E-state index >= 15 is 0 Å². The highest BCUT2D eigenvalue weighted by atomic mass is 32.1. The van der Waals surface area contributed by atoms with Gasteiger partial charge in [0.2, 0.25) is 5.91 Å². The van der Waals surface area contributed by atoms with E-state index in [1.807, 2.05) is 6.07 Å². The Morgan fingerprint density at radius 3 is 2.61 bits per heavy atom. The van der Waals surface area contributed by atoms with E-state index in [0.717, 1.165) is 5.56 Å². The van der Waals surface area contributed by atoms with Gasteiger partial charge in [0.05, 0.1) is 0 Å². The van der Waals surface area contributed by atoms with Crippen molar-refractivity contribution in [1.82, 2.24) is 4.57 Å². The minimum atomic E-state index is -0.0891. The Bertz CT molecular complexity index is 766. The summed E-state index contributed by atoms with van der Waals surface area (Å²) in [5.74, 6) is -0.0891. The molecule has 5 nitrogen and oxygen atoms in total. The van der Waals surface area contributed by atoms with Crippen LogP contribution in [-0.2, 0) is 11.3 Å². The summed E-state index contributed by atoms with van der Waals surface area (Å²) in [7, 11) is 0. The first-order valence-corrected chi connectivity index (χ1v) is 7.74. The lowest BCUT2D eigenvalue weighted by Crippen LogP contribution is -2.22. The van der Waals surface area contributed by atoms with Crippen molar-refractivity contribution in [3.05, 3.63) is 64.1 Å². The summed E-state index contributed by atoms with van der Waals surface area (Å²) in [6.45, 7) is 2.30. The highest BCUT2D eigenvalue weighted by Crippen LogP contribution is 2.10. The van der Waals surface area contributed by atoms with Crippen molar-refractivity contribution in [3.63, 3.8) is 0 Å². The van der Waals surface area contributed by atoms with Gasteiger partial charge in [-0.15, -0.1) is 0 Å². The SMILES string of the molecule is Cc1cccn(CCCC(=O)Nc2ccc(C(N)=S)cc2)c1=O. The monoisotopic (exact) mass is 329 g/mol. The van der Waals surface area contributed by atoms with Gasteiger partial charge in [0.25, 0.3) is 5.56 Å². The van der Waals surface area contributed by atoms with Crippen molar-refractivity contribution in [2.75, 3.05) is 5.32 Å². The van der Waals surface area contributed by atoms with Crippen LogP contribution in [0.4, 0.5) is 5.69 Å². The van der Waals surface area contributed by atoms with Gasteiger partial charge < -0.3 is 15.6 Å². The fourth-order valence-corrected chi connectivity index (χ4v) is 2.32. The van der Waals surface area contributed by atoms with Crippen LogP contribution in [0, 0.1) is 6.92 Å². The van der Waals surface area contributed by atoms with Gasteiger partial charge in [-0.25, -0.2) is 0 Å². The number of hydrogen-bond donors (Lipinski definition) is 2. The Balaban J connectivity index is 1.84. The zero-order valence-corrected chi connectivity index (χ0v) is 13.7. The summed E-state index contributed by atoms with van der Waals surface area (Å²) in [6.07, 6.45) is 2.68. The Hall–Kier alpha value is -2.47. The van der Waals surface area contributed by atoms with Crippen LogP contribution >= 0.6 is 12.2 Å². The van der Waals surface area contributed by atoms with Crippen molar-refractivity contribution in [2.24, 2.45) is 5.73 Å². The van der Waals surface area contributed by atoms with Crippen molar-refractivity contribution in [1.29, 1.82) is 0 Å².